The Hall–Kier alpha value is -3.77. The number of alkyl halides is 5. The van der Waals surface area contributed by atoms with Gasteiger partial charge in [0.05, 0.1) is 18.2 Å². The van der Waals surface area contributed by atoms with Gasteiger partial charge in [-0.25, -0.2) is 23.5 Å². The molecule has 8 rings (SSSR count). The molecule has 0 atom stereocenters. The number of hydrogen-bond acceptors (Lipinski definition) is 5. The molecule has 13 heteroatoms. The second-order valence-electron chi connectivity index (χ2n) is 13.3. The molecule has 8 nitrogen and oxygen atoms in total. The molecule has 3 aromatic rings. The zero-order valence-electron chi connectivity index (χ0n) is 24.5. The summed E-state index contributed by atoms with van der Waals surface area (Å²) in [5, 5.41) is 13.4. The van der Waals surface area contributed by atoms with E-state index in [1.807, 2.05) is 0 Å². The molecule has 2 heterocycles. The number of carbonyl (C=O) groups is 2. The Bertz CT molecular complexity index is 1650. The van der Waals surface area contributed by atoms with Crippen molar-refractivity contribution in [2.45, 2.75) is 81.5 Å². The Balaban J connectivity index is 1.27. The number of carboxylic acids is 1. The third-order valence-electron chi connectivity index (χ3n) is 10.8. The molecule has 5 saturated carbocycles. The van der Waals surface area contributed by atoms with Crippen molar-refractivity contribution in [2.24, 2.45) is 23.7 Å². The van der Waals surface area contributed by atoms with E-state index in [1.165, 1.54) is 7.11 Å². The van der Waals surface area contributed by atoms with Crippen molar-refractivity contribution >= 4 is 22.8 Å². The first-order chi connectivity index (χ1) is 21.3. The van der Waals surface area contributed by atoms with Gasteiger partial charge >= 0.3 is 12.1 Å². The molecular weight excluding hydrogens is 599 g/mol. The maximum atomic E-state index is 14.5. The Morgan fingerprint density at radius 3 is 2.27 bits per heavy atom. The summed E-state index contributed by atoms with van der Waals surface area (Å²) in [5.41, 5.74) is -3.15. The zero-order chi connectivity index (χ0) is 31.9. The molecule has 1 amide bonds. The summed E-state index contributed by atoms with van der Waals surface area (Å²) in [7, 11) is 1.47. The molecule has 0 radical (unpaired) electrons. The van der Waals surface area contributed by atoms with Crippen LogP contribution in [0.4, 0.5) is 22.0 Å². The minimum absolute atomic E-state index is 0.177. The van der Waals surface area contributed by atoms with Crippen LogP contribution < -0.4 is 10.1 Å². The predicted octanol–water partition coefficient (Wildman–Crippen LogP) is 6.89. The summed E-state index contributed by atoms with van der Waals surface area (Å²) in [6.45, 7) is 0. The molecule has 0 unspecified atom stereocenters. The van der Waals surface area contributed by atoms with Crippen LogP contribution in [0, 0.1) is 23.7 Å². The number of halogens is 5. The number of carboxylic acid groups (broad SMARTS) is 1. The number of aromatic nitrogens is 3. The van der Waals surface area contributed by atoms with Gasteiger partial charge in [0.25, 0.3) is 5.91 Å². The summed E-state index contributed by atoms with van der Waals surface area (Å²) < 4.78 is 78.6. The van der Waals surface area contributed by atoms with Gasteiger partial charge in [-0.05, 0) is 80.8 Å². The minimum Gasteiger partial charge on any atom is -0.497 e. The lowest BCUT2D eigenvalue weighted by Crippen LogP contribution is -2.70. The second-order valence-corrected chi connectivity index (χ2v) is 13.3. The van der Waals surface area contributed by atoms with Gasteiger partial charge in [-0.15, -0.1) is 0 Å². The van der Waals surface area contributed by atoms with Gasteiger partial charge in [-0.2, -0.15) is 13.2 Å². The molecule has 0 spiro atoms. The van der Waals surface area contributed by atoms with Crippen LogP contribution in [0.15, 0.2) is 30.6 Å². The SMILES string of the molecule is COc1ccc2c(-c3ncc(C(=O)NC4(C(=O)O)C5CC6CC(C5)CC4C6)c(C(F)(F)F)n3)cn(C3CCC(F)(F)CC3)c2c1. The van der Waals surface area contributed by atoms with Crippen molar-refractivity contribution in [2.75, 3.05) is 7.11 Å². The van der Waals surface area contributed by atoms with Gasteiger partial charge in [-0.3, -0.25) is 4.79 Å². The van der Waals surface area contributed by atoms with Crippen molar-refractivity contribution in [3.63, 3.8) is 0 Å². The van der Waals surface area contributed by atoms with Crippen LogP contribution in [0.1, 0.15) is 79.9 Å². The average molecular weight is 633 g/mol. The minimum atomic E-state index is -5.05. The number of benzene rings is 1. The fourth-order valence-corrected chi connectivity index (χ4v) is 8.82. The highest BCUT2D eigenvalue weighted by molar-refractivity contribution is 6.00. The molecule has 5 aliphatic carbocycles. The van der Waals surface area contributed by atoms with Crippen LogP contribution in [0.5, 0.6) is 5.75 Å². The first-order valence-electron chi connectivity index (χ1n) is 15.4. The van der Waals surface area contributed by atoms with Gasteiger partial charge in [0, 0.05) is 48.3 Å². The quantitative estimate of drug-likeness (QED) is 0.287. The van der Waals surface area contributed by atoms with Gasteiger partial charge in [-0.1, -0.05) is 0 Å². The third-order valence-corrected chi connectivity index (χ3v) is 10.8. The summed E-state index contributed by atoms with van der Waals surface area (Å²) >= 11 is 0. The molecule has 5 fully saturated rings. The van der Waals surface area contributed by atoms with Crippen LogP contribution in [0.3, 0.4) is 0 Å². The highest BCUT2D eigenvalue weighted by atomic mass is 19.4. The molecule has 5 aliphatic rings. The molecule has 240 valence electrons. The summed E-state index contributed by atoms with van der Waals surface area (Å²) in [6.07, 6.45) is 0.563. The number of carbonyl (C=O) groups excluding carboxylic acids is 1. The number of ether oxygens (including phenoxy) is 1. The smallest absolute Gasteiger partial charge is 0.434 e. The van der Waals surface area contributed by atoms with Crippen molar-refractivity contribution in [1.29, 1.82) is 0 Å². The monoisotopic (exact) mass is 632 g/mol. The predicted molar refractivity (Wildman–Crippen MR) is 152 cm³/mol. The Kier molecular flexibility index (Phi) is 6.90. The van der Waals surface area contributed by atoms with E-state index in [-0.39, 0.29) is 54.9 Å². The normalized spacial score (nSPS) is 29.2. The van der Waals surface area contributed by atoms with E-state index < -0.39 is 40.8 Å². The van der Waals surface area contributed by atoms with Crippen molar-refractivity contribution < 1.29 is 41.4 Å². The third kappa shape index (κ3) is 4.93. The Labute approximate surface area is 255 Å². The molecule has 45 heavy (non-hydrogen) atoms. The molecular formula is C32H33F5N4O4. The first-order valence-corrected chi connectivity index (χ1v) is 15.4. The number of fused-ring (bicyclic) bond motifs is 1. The number of aliphatic carboxylic acids is 1. The van der Waals surface area contributed by atoms with Gasteiger partial charge in [0.1, 0.15) is 11.3 Å². The summed E-state index contributed by atoms with van der Waals surface area (Å²) in [4.78, 5) is 34.3. The lowest BCUT2D eigenvalue weighted by Gasteiger charge is -2.59. The number of hydrogen-bond donors (Lipinski definition) is 2. The maximum absolute atomic E-state index is 14.5. The van der Waals surface area contributed by atoms with Gasteiger partial charge in [0.2, 0.25) is 5.92 Å². The highest BCUT2D eigenvalue weighted by Crippen LogP contribution is 2.58. The second kappa shape index (κ2) is 10.4. The molecule has 0 aliphatic heterocycles. The maximum Gasteiger partial charge on any atom is 0.434 e. The number of nitrogens with one attached hydrogen (secondary N) is 1. The summed E-state index contributed by atoms with van der Waals surface area (Å²) in [5.74, 6) is -4.93. The summed E-state index contributed by atoms with van der Waals surface area (Å²) in [6, 6.07) is 4.65. The largest absolute Gasteiger partial charge is 0.497 e. The number of rotatable bonds is 6. The number of methoxy groups -OCH3 is 1. The Morgan fingerprint density at radius 2 is 1.69 bits per heavy atom. The van der Waals surface area contributed by atoms with E-state index in [1.54, 1.807) is 29.0 Å². The van der Waals surface area contributed by atoms with E-state index in [2.05, 4.69) is 15.3 Å². The van der Waals surface area contributed by atoms with E-state index in [9.17, 15) is 36.6 Å². The lowest BCUT2D eigenvalue weighted by molar-refractivity contribution is -0.163. The van der Waals surface area contributed by atoms with Crippen LogP contribution in [-0.2, 0) is 11.0 Å². The van der Waals surface area contributed by atoms with E-state index in [0.717, 1.165) is 12.6 Å². The van der Waals surface area contributed by atoms with Crippen LogP contribution >= 0.6 is 0 Å². The number of amides is 1. The molecule has 1 aromatic carbocycles. The fraction of sp³-hybridized carbons (Fsp3) is 0.562. The zero-order valence-corrected chi connectivity index (χ0v) is 24.5. The van der Waals surface area contributed by atoms with Crippen LogP contribution in [-0.4, -0.2) is 50.1 Å². The van der Waals surface area contributed by atoms with Gasteiger partial charge in [0.15, 0.2) is 11.5 Å². The van der Waals surface area contributed by atoms with E-state index >= 15 is 0 Å². The molecule has 4 bridgehead atoms. The first kappa shape index (κ1) is 29.9. The van der Waals surface area contributed by atoms with Crippen molar-refractivity contribution in [1.82, 2.24) is 19.9 Å². The van der Waals surface area contributed by atoms with Crippen LogP contribution in [0.25, 0.3) is 22.3 Å². The van der Waals surface area contributed by atoms with Crippen molar-refractivity contribution in [3.05, 3.63) is 41.9 Å². The fourth-order valence-electron chi connectivity index (χ4n) is 8.82. The highest BCUT2D eigenvalue weighted by Gasteiger charge is 2.62. The standard InChI is InChI=1S/C32H33F5N4O4/c1-45-21-2-3-22-24(15-41(25(22)13-21)20-4-6-30(33,34)7-5-20)27-38-14-23(26(39-27)32(35,36)37)28(42)40-31(29(43)44)18-9-16-8-17(11-18)12-19(31)10-16/h2-3,13-20H,4-12H2,1H3,(H,40,42)(H,43,44). The lowest BCUT2D eigenvalue weighted by atomic mass is 9.48. The van der Waals surface area contributed by atoms with E-state index in [0.29, 0.717) is 54.2 Å². The van der Waals surface area contributed by atoms with E-state index in [4.69, 9.17) is 4.74 Å². The Morgan fingerprint density at radius 1 is 1.04 bits per heavy atom. The molecule has 2 aromatic heterocycles. The average Bonchev–Trinajstić information content (AvgIpc) is 3.36. The number of nitrogens with zero attached hydrogens (tertiary/aromatic N) is 3. The van der Waals surface area contributed by atoms with Crippen molar-refractivity contribution in [3.8, 4) is 17.1 Å². The molecule has 2 N–H and O–H groups in total. The van der Waals surface area contributed by atoms with Crippen LogP contribution in [0.2, 0.25) is 0 Å². The molecule has 0 saturated heterocycles. The van der Waals surface area contributed by atoms with Gasteiger partial charge < -0.3 is 19.7 Å². The topological polar surface area (TPSA) is 106 Å².